The maximum absolute atomic E-state index is 10.6. The van der Waals surface area contributed by atoms with Gasteiger partial charge >= 0.3 is 6.03 Å². The summed E-state index contributed by atoms with van der Waals surface area (Å²) in [6.45, 7) is 0.713. The van der Waals surface area contributed by atoms with Crippen LogP contribution in [-0.4, -0.2) is 17.3 Å². The molecule has 0 unspecified atom stereocenters. The molecule has 0 saturated heterocycles. The Bertz CT molecular complexity index is 282. The molecule has 0 aliphatic carbocycles. The maximum atomic E-state index is 10.6. The van der Waals surface area contributed by atoms with Crippen LogP contribution >= 0.6 is 0 Å². The quantitative estimate of drug-likeness (QED) is 0.497. The molecule has 1 aliphatic rings. The van der Waals surface area contributed by atoms with Crippen molar-refractivity contribution in [2.24, 2.45) is 5.73 Å². The molecule has 0 spiro atoms. The lowest BCUT2D eigenvalue weighted by molar-refractivity contribution is 0.250. The van der Waals surface area contributed by atoms with Gasteiger partial charge in [-0.15, -0.1) is 0 Å². The SMILES string of the molecule is NC(=O)n1cc2c(c1)NCN2. The number of anilines is 2. The van der Waals surface area contributed by atoms with Gasteiger partial charge in [-0.05, 0) is 0 Å². The summed E-state index contributed by atoms with van der Waals surface area (Å²) in [4.78, 5) is 10.6. The predicted octanol–water partition coefficient (Wildman–Crippen LogP) is 0.210. The van der Waals surface area contributed by atoms with Crippen molar-refractivity contribution in [2.45, 2.75) is 0 Å². The van der Waals surface area contributed by atoms with Crippen molar-refractivity contribution in [3.63, 3.8) is 0 Å². The number of rotatable bonds is 0. The van der Waals surface area contributed by atoms with Crippen molar-refractivity contribution in [1.82, 2.24) is 4.57 Å². The average Bonchev–Trinajstić information content (AvgIpc) is 2.40. The number of nitrogens with one attached hydrogen (secondary N) is 2. The Balaban J connectivity index is 2.42. The zero-order valence-electron chi connectivity index (χ0n) is 5.79. The Morgan fingerprint density at radius 3 is 2.45 bits per heavy atom. The summed E-state index contributed by atoms with van der Waals surface area (Å²) in [5.41, 5.74) is 6.88. The van der Waals surface area contributed by atoms with Crippen molar-refractivity contribution >= 4 is 17.4 Å². The molecule has 1 aliphatic heterocycles. The molecular weight excluding hydrogens is 144 g/mol. The van der Waals surface area contributed by atoms with E-state index in [-0.39, 0.29) is 0 Å². The normalized spacial score (nSPS) is 13.5. The lowest BCUT2D eigenvalue weighted by atomic mass is 10.5. The van der Waals surface area contributed by atoms with Gasteiger partial charge in [-0.1, -0.05) is 0 Å². The molecular formula is C6H8N4O. The molecule has 0 aromatic carbocycles. The Hall–Kier alpha value is -1.65. The number of fused-ring (bicyclic) bond motifs is 1. The average molecular weight is 152 g/mol. The van der Waals surface area contributed by atoms with Crippen molar-refractivity contribution in [3.8, 4) is 0 Å². The third-order valence-electron chi connectivity index (χ3n) is 1.64. The molecule has 58 valence electrons. The molecule has 0 bridgehead atoms. The number of primary amides is 1. The van der Waals surface area contributed by atoms with Crippen LogP contribution in [0.1, 0.15) is 0 Å². The van der Waals surface area contributed by atoms with Crippen LogP contribution < -0.4 is 16.4 Å². The molecule has 1 aromatic heterocycles. The van der Waals surface area contributed by atoms with Gasteiger partial charge in [0, 0.05) is 12.4 Å². The molecule has 1 aromatic rings. The van der Waals surface area contributed by atoms with E-state index >= 15 is 0 Å². The van der Waals surface area contributed by atoms with Gasteiger partial charge in [-0.2, -0.15) is 0 Å². The van der Waals surface area contributed by atoms with Gasteiger partial charge in [0.25, 0.3) is 0 Å². The number of nitrogens with zero attached hydrogens (tertiary/aromatic N) is 1. The van der Waals surface area contributed by atoms with Crippen molar-refractivity contribution in [3.05, 3.63) is 12.4 Å². The fraction of sp³-hybridized carbons (Fsp3) is 0.167. The number of hydrogen-bond acceptors (Lipinski definition) is 3. The predicted molar refractivity (Wildman–Crippen MR) is 41.5 cm³/mol. The minimum atomic E-state index is -0.469. The summed E-state index contributed by atoms with van der Waals surface area (Å²) in [6.07, 6.45) is 3.33. The number of aromatic nitrogens is 1. The Kier molecular flexibility index (Phi) is 1.06. The van der Waals surface area contributed by atoms with E-state index in [1.165, 1.54) is 4.57 Å². The molecule has 0 radical (unpaired) electrons. The molecule has 0 fully saturated rings. The van der Waals surface area contributed by atoms with Gasteiger partial charge in [0.1, 0.15) is 0 Å². The first-order chi connectivity index (χ1) is 5.27. The number of carbonyl (C=O) groups excluding carboxylic acids is 1. The van der Waals surface area contributed by atoms with E-state index in [4.69, 9.17) is 5.73 Å². The second kappa shape index (κ2) is 1.91. The zero-order chi connectivity index (χ0) is 7.84. The Morgan fingerprint density at radius 2 is 2.00 bits per heavy atom. The molecule has 2 heterocycles. The minimum Gasteiger partial charge on any atom is -0.365 e. The van der Waals surface area contributed by atoms with E-state index in [0.717, 1.165) is 11.4 Å². The highest BCUT2D eigenvalue weighted by Gasteiger charge is 2.12. The third-order valence-corrected chi connectivity index (χ3v) is 1.64. The van der Waals surface area contributed by atoms with Crippen LogP contribution in [0.3, 0.4) is 0 Å². The summed E-state index contributed by atoms with van der Waals surface area (Å²) < 4.78 is 1.34. The van der Waals surface area contributed by atoms with E-state index in [2.05, 4.69) is 10.6 Å². The Morgan fingerprint density at radius 1 is 1.45 bits per heavy atom. The molecule has 0 atom stereocenters. The summed E-state index contributed by atoms with van der Waals surface area (Å²) >= 11 is 0. The lowest BCUT2D eigenvalue weighted by Gasteiger charge is -1.95. The van der Waals surface area contributed by atoms with E-state index in [1.54, 1.807) is 12.4 Å². The smallest absolute Gasteiger partial charge is 0.323 e. The van der Waals surface area contributed by atoms with Crippen LogP contribution in [0.25, 0.3) is 0 Å². The highest BCUT2D eigenvalue weighted by atomic mass is 16.2. The largest absolute Gasteiger partial charge is 0.365 e. The topological polar surface area (TPSA) is 72.1 Å². The van der Waals surface area contributed by atoms with Crippen molar-refractivity contribution < 1.29 is 4.79 Å². The fourth-order valence-corrected chi connectivity index (χ4v) is 1.10. The van der Waals surface area contributed by atoms with Crippen LogP contribution in [0.2, 0.25) is 0 Å². The fourth-order valence-electron chi connectivity index (χ4n) is 1.10. The number of hydrogen-bond donors (Lipinski definition) is 3. The van der Waals surface area contributed by atoms with Crippen LogP contribution in [-0.2, 0) is 0 Å². The summed E-state index contributed by atoms with van der Waals surface area (Å²) in [7, 11) is 0. The van der Waals surface area contributed by atoms with E-state index in [1.807, 2.05) is 0 Å². The summed E-state index contributed by atoms with van der Waals surface area (Å²) in [6, 6.07) is -0.469. The lowest BCUT2D eigenvalue weighted by Crippen LogP contribution is -2.18. The first-order valence-corrected chi connectivity index (χ1v) is 3.27. The standard InChI is InChI=1S/C6H8N4O/c7-6(11)10-1-4-5(2-10)9-3-8-4/h1-2,8-9H,3H2,(H2,7,11). The molecule has 5 nitrogen and oxygen atoms in total. The van der Waals surface area contributed by atoms with E-state index in [9.17, 15) is 4.79 Å². The van der Waals surface area contributed by atoms with Crippen LogP contribution in [0.15, 0.2) is 12.4 Å². The maximum Gasteiger partial charge on any atom is 0.323 e. The van der Waals surface area contributed by atoms with Gasteiger partial charge in [0.15, 0.2) is 0 Å². The molecule has 1 amide bonds. The highest BCUT2D eigenvalue weighted by Crippen LogP contribution is 2.26. The third kappa shape index (κ3) is 0.813. The van der Waals surface area contributed by atoms with Gasteiger partial charge in [0.2, 0.25) is 0 Å². The highest BCUT2D eigenvalue weighted by molar-refractivity contribution is 5.82. The van der Waals surface area contributed by atoms with Gasteiger partial charge in [0.05, 0.1) is 18.0 Å². The number of amides is 1. The second-order valence-corrected chi connectivity index (χ2v) is 2.36. The minimum absolute atomic E-state index is 0.469. The Labute approximate surface area is 63.2 Å². The van der Waals surface area contributed by atoms with Crippen LogP contribution in [0, 0.1) is 0 Å². The zero-order valence-corrected chi connectivity index (χ0v) is 5.79. The van der Waals surface area contributed by atoms with Crippen molar-refractivity contribution in [1.29, 1.82) is 0 Å². The van der Waals surface area contributed by atoms with Gasteiger partial charge in [-0.3, -0.25) is 4.57 Å². The van der Waals surface area contributed by atoms with E-state index in [0.29, 0.717) is 6.67 Å². The number of carbonyl (C=O) groups is 1. The first-order valence-electron chi connectivity index (χ1n) is 3.27. The molecule has 5 heteroatoms. The number of nitrogens with two attached hydrogens (primary N) is 1. The molecule has 2 rings (SSSR count). The summed E-state index contributed by atoms with van der Waals surface area (Å²) in [5, 5.41) is 6.07. The van der Waals surface area contributed by atoms with Gasteiger partial charge in [-0.25, -0.2) is 4.79 Å². The molecule has 0 saturated carbocycles. The van der Waals surface area contributed by atoms with Crippen molar-refractivity contribution in [2.75, 3.05) is 17.3 Å². The van der Waals surface area contributed by atoms with Gasteiger partial charge < -0.3 is 16.4 Å². The summed E-state index contributed by atoms with van der Waals surface area (Å²) in [5.74, 6) is 0. The van der Waals surface area contributed by atoms with Crippen LogP contribution in [0.4, 0.5) is 16.2 Å². The second-order valence-electron chi connectivity index (χ2n) is 2.36. The monoisotopic (exact) mass is 152 g/mol. The van der Waals surface area contributed by atoms with E-state index < -0.39 is 6.03 Å². The van der Waals surface area contributed by atoms with Crippen LogP contribution in [0.5, 0.6) is 0 Å². The molecule has 4 N–H and O–H groups in total. The molecule has 11 heavy (non-hydrogen) atoms. The first kappa shape index (κ1) is 6.09.